The molecule has 0 saturated carbocycles. The molecule has 0 aliphatic rings. The molecule has 0 saturated heterocycles. The van der Waals surface area contributed by atoms with Crippen molar-refractivity contribution in [1.29, 1.82) is 0 Å². The van der Waals surface area contributed by atoms with E-state index in [9.17, 15) is 0 Å². The first kappa shape index (κ1) is 12.8. The van der Waals surface area contributed by atoms with Gasteiger partial charge in [0.1, 0.15) is 0 Å². The first-order valence-corrected chi connectivity index (χ1v) is 7.29. The second-order valence-corrected chi connectivity index (χ2v) is 5.17. The van der Waals surface area contributed by atoms with Gasteiger partial charge >= 0.3 is 0 Å². The number of aromatic amines is 1. The first-order chi connectivity index (χ1) is 7.25. The van der Waals surface area contributed by atoms with Crippen LogP contribution in [0.4, 0.5) is 0 Å². The fraction of sp³-hybridized carbons (Fsp3) is 0.727. The molecule has 0 spiro atoms. The molecule has 0 amide bonds. The van der Waals surface area contributed by atoms with Gasteiger partial charge in [0.2, 0.25) is 0 Å². The second kappa shape index (κ2) is 7.12. The molecule has 0 unspecified atom stereocenters. The van der Waals surface area contributed by atoms with E-state index < -0.39 is 0 Å². The van der Waals surface area contributed by atoms with E-state index in [1.165, 1.54) is 37.1 Å². The fourth-order valence-corrected chi connectivity index (χ4v) is 2.42. The van der Waals surface area contributed by atoms with Crippen LogP contribution >= 0.6 is 24.0 Å². The van der Waals surface area contributed by atoms with Gasteiger partial charge in [0, 0.05) is 18.4 Å². The van der Waals surface area contributed by atoms with Gasteiger partial charge in [0.25, 0.3) is 0 Å². The zero-order chi connectivity index (χ0) is 11.1. The standard InChI is InChI=1S/C11H20N2S2/c1-10-9-12-11(14)13(10)7-5-3-4-6-8-15-2/h9H,3-8H2,1-2H3,(H,12,14). The van der Waals surface area contributed by atoms with Crippen molar-refractivity contribution in [2.45, 2.75) is 39.2 Å². The predicted molar refractivity (Wildman–Crippen MR) is 71.2 cm³/mol. The Balaban J connectivity index is 2.18. The lowest BCUT2D eigenvalue weighted by Crippen LogP contribution is -2.00. The van der Waals surface area contributed by atoms with Gasteiger partial charge in [0.05, 0.1) is 0 Å². The van der Waals surface area contributed by atoms with Crippen molar-refractivity contribution in [2.75, 3.05) is 12.0 Å². The van der Waals surface area contributed by atoms with Crippen molar-refractivity contribution in [3.05, 3.63) is 16.7 Å². The van der Waals surface area contributed by atoms with E-state index in [-0.39, 0.29) is 0 Å². The highest BCUT2D eigenvalue weighted by Gasteiger charge is 1.98. The van der Waals surface area contributed by atoms with Gasteiger partial charge in [-0.15, -0.1) is 0 Å². The van der Waals surface area contributed by atoms with E-state index in [0.29, 0.717) is 0 Å². The number of aryl methyl sites for hydroxylation is 1. The van der Waals surface area contributed by atoms with Crippen LogP contribution < -0.4 is 0 Å². The van der Waals surface area contributed by atoms with Crippen LogP contribution in [-0.2, 0) is 6.54 Å². The molecular weight excluding hydrogens is 224 g/mol. The Morgan fingerprint density at radius 2 is 2.07 bits per heavy atom. The van der Waals surface area contributed by atoms with Gasteiger partial charge in [-0.1, -0.05) is 12.8 Å². The Hall–Kier alpha value is -0.220. The maximum absolute atomic E-state index is 5.20. The summed E-state index contributed by atoms with van der Waals surface area (Å²) in [5, 5.41) is 0. The maximum Gasteiger partial charge on any atom is 0.177 e. The van der Waals surface area contributed by atoms with Crippen LogP contribution in [0.1, 0.15) is 31.4 Å². The second-order valence-electron chi connectivity index (χ2n) is 3.79. The Kier molecular flexibility index (Phi) is 6.10. The first-order valence-electron chi connectivity index (χ1n) is 5.49. The quantitative estimate of drug-likeness (QED) is 0.582. The SMILES string of the molecule is CSCCCCCCn1c(C)c[nH]c1=S. The number of thioether (sulfide) groups is 1. The molecule has 0 radical (unpaired) electrons. The van der Waals surface area contributed by atoms with Crippen LogP contribution in [0.3, 0.4) is 0 Å². The van der Waals surface area contributed by atoms with Crippen molar-refractivity contribution in [3.8, 4) is 0 Å². The number of imidazole rings is 1. The number of hydrogen-bond acceptors (Lipinski definition) is 2. The summed E-state index contributed by atoms with van der Waals surface area (Å²) in [5.74, 6) is 1.29. The molecule has 1 heterocycles. The van der Waals surface area contributed by atoms with Crippen LogP contribution in [0.5, 0.6) is 0 Å². The third kappa shape index (κ3) is 4.43. The summed E-state index contributed by atoms with van der Waals surface area (Å²) >= 11 is 7.13. The number of hydrogen-bond donors (Lipinski definition) is 1. The van der Waals surface area contributed by atoms with Crippen molar-refractivity contribution in [2.24, 2.45) is 0 Å². The molecule has 0 atom stereocenters. The lowest BCUT2D eigenvalue weighted by Gasteiger charge is -2.04. The number of nitrogens with one attached hydrogen (secondary N) is 1. The van der Waals surface area contributed by atoms with Gasteiger partial charge < -0.3 is 9.55 Å². The lowest BCUT2D eigenvalue weighted by atomic mass is 10.2. The van der Waals surface area contributed by atoms with Crippen molar-refractivity contribution in [1.82, 2.24) is 9.55 Å². The highest BCUT2D eigenvalue weighted by Crippen LogP contribution is 2.07. The van der Waals surface area contributed by atoms with E-state index in [0.717, 1.165) is 11.3 Å². The van der Waals surface area contributed by atoms with Gasteiger partial charge in [-0.2, -0.15) is 11.8 Å². The Morgan fingerprint density at radius 3 is 2.67 bits per heavy atom. The Bertz CT molecular complexity index is 328. The third-order valence-corrected chi connectivity index (χ3v) is 3.59. The summed E-state index contributed by atoms with van der Waals surface area (Å²) in [5.41, 5.74) is 1.24. The minimum Gasteiger partial charge on any atom is -0.337 e. The highest BCUT2D eigenvalue weighted by atomic mass is 32.2. The van der Waals surface area contributed by atoms with Crippen LogP contribution in [-0.4, -0.2) is 21.6 Å². The molecule has 0 aliphatic heterocycles. The molecule has 0 aromatic carbocycles. The van der Waals surface area contributed by atoms with Crippen LogP contribution in [0.15, 0.2) is 6.20 Å². The minimum absolute atomic E-state index is 0.858. The van der Waals surface area contributed by atoms with Crippen LogP contribution in [0.2, 0.25) is 0 Å². The largest absolute Gasteiger partial charge is 0.337 e. The summed E-state index contributed by atoms with van der Waals surface area (Å²) in [6.07, 6.45) is 9.39. The minimum atomic E-state index is 0.858. The number of nitrogens with zero attached hydrogens (tertiary/aromatic N) is 1. The average Bonchev–Trinajstić information content (AvgIpc) is 2.54. The van der Waals surface area contributed by atoms with E-state index in [1.807, 2.05) is 18.0 Å². The molecule has 1 aromatic heterocycles. The number of aromatic nitrogens is 2. The normalized spacial score (nSPS) is 10.8. The smallest absolute Gasteiger partial charge is 0.177 e. The molecule has 86 valence electrons. The zero-order valence-electron chi connectivity index (χ0n) is 9.58. The topological polar surface area (TPSA) is 20.7 Å². The van der Waals surface area contributed by atoms with Gasteiger partial charge in [-0.3, -0.25) is 0 Å². The van der Waals surface area contributed by atoms with E-state index in [2.05, 4.69) is 22.7 Å². The van der Waals surface area contributed by atoms with E-state index >= 15 is 0 Å². The monoisotopic (exact) mass is 244 g/mol. The number of rotatable bonds is 7. The van der Waals surface area contributed by atoms with Gasteiger partial charge in [-0.05, 0) is 44.0 Å². The molecule has 15 heavy (non-hydrogen) atoms. The maximum atomic E-state index is 5.20. The van der Waals surface area contributed by atoms with Gasteiger partial charge in [0.15, 0.2) is 4.77 Å². The van der Waals surface area contributed by atoms with E-state index in [1.54, 1.807) is 0 Å². The van der Waals surface area contributed by atoms with Crippen molar-refractivity contribution < 1.29 is 0 Å². The van der Waals surface area contributed by atoms with Crippen molar-refractivity contribution >= 4 is 24.0 Å². The molecule has 1 rings (SSSR count). The molecular formula is C11H20N2S2. The number of unbranched alkanes of at least 4 members (excludes halogenated alkanes) is 3. The summed E-state index contributed by atoms with van der Waals surface area (Å²) in [7, 11) is 0. The average molecular weight is 244 g/mol. The molecule has 0 bridgehead atoms. The lowest BCUT2D eigenvalue weighted by molar-refractivity contribution is 0.572. The molecule has 1 N–H and O–H groups in total. The summed E-state index contributed by atoms with van der Waals surface area (Å²) in [6, 6.07) is 0. The third-order valence-electron chi connectivity index (χ3n) is 2.56. The summed E-state index contributed by atoms with van der Waals surface area (Å²) in [6.45, 7) is 3.16. The van der Waals surface area contributed by atoms with Crippen LogP contribution in [0, 0.1) is 11.7 Å². The summed E-state index contributed by atoms with van der Waals surface area (Å²) < 4.78 is 3.04. The van der Waals surface area contributed by atoms with Crippen molar-refractivity contribution in [3.63, 3.8) is 0 Å². The van der Waals surface area contributed by atoms with Gasteiger partial charge in [-0.25, -0.2) is 0 Å². The predicted octanol–water partition coefficient (Wildman–Crippen LogP) is 3.78. The number of H-pyrrole nitrogens is 1. The van der Waals surface area contributed by atoms with Crippen LogP contribution in [0.25, 0.3) is 0 Å². The molecule has 2 nitrogen and oxygen atoms in total. The highest BCUT2D eigenvalue weighted by molar-refractivity contribution is 7.98. The molecule has 0 fully saturated rings. The molecule has 4 heteroatoms. The Labute approximate surface area is 101 Å². The molecule has 0 aliphatic carbocycles. The molecule has 1 aromatic rings. The Morgan fingerprint density at radius 1 is 1.33 bits per heavy atom. The fourth-order valence-electron chi connectivity index (χ4n) is 1.63. The summed E-state index contributed by atoms with van der Waals surface area (Å²) in [4.78, 5) is 3.07. The van der Waals surface area contributed by atoms with E-state index in [4.69, 9.17) is 12.2 Å². The zero-order valence-corrected chi connectivity index (χ0v) is 11.2.